The van der Waals surface area contributed by atoms with Gasteiger partial charge in [0.15, 0.2) is 0 Å². The maximum Gasteiger partial charge on any atom is 0.277 e. The van der Waals surface area contributed by atoms with Gasteiger partial charge in [-0.05, 0) is 12.8 Å². The zero-order chi connectivity index (χ0) is 9.03. The van der Waals surface area contributed by atoms with Gasteiger partial charge >= 0.3 is 0 Å². The Morgan fingerprint density at radius 2 is 2.08 bits per heavy atom. The third-order valence-corrected chi connectivity index (χ3v) is 3.06. The van der Waals surface area contributed by atoms with Crippen LogP contribution in [0, 0.1) is 0 Å². The Morgan fingerprint density at radius 3 is 2.50 bits per heavy atom. The molecule has 0 unspecified atom stereocenters. The van der Waals surface area contributed by atoms with E-state index in [0.717, 1.165) is 19.3 Å². The number of hydrogen-bond donors (Lipinski definition) is 3. The predicted octanol–water partition coefficient (Wildman–Crippen LogP) is -1.04. The highest BCUT2D eigenvalue weighted by Crippen LogP contribution is 2.18. The third kappa shape index (κ3) is 3.06. The summed E-state index contributed by atoms with van der Waals surface area (Å²) in [4.78, 5) is 0. The molecule has 0 bridgehead atoms. The van der Waals surface area contributed by atoms with E-state index in [9.17, 15) is 8.42 Å². The molecular formula is C6H14N2O3S. The summed E-state index contributed by atoms with van der Waals surface area (Å²) in [7, 11) is -3.36. The summed E-state index contributed by atoms with van der Waals surface area (Å²) in [5, 5.41) is 8.38. The van der Waals surface area contributed by atoms with E-state index >= 15 is 0 Å². The van der Waals surface area contributed by atoms with Crippen molar-refractivity contribution < 1.29 is 13.5 Å². The number of hydrogen-bond acceptors (Lipinski definition) is 3. The summed E-state index contributed by atoms with van der Waals surface area (Å²) in [6.45, 7) is -0.104. The number of rotatable bonds is 5. The Labute approximate surface area is 72.3 Å². The molecular weight excluding hydrogens is 180 g/mol. The summed E-state index contributed by atoms with van der Waals surface area (Å²) in [5.74, 6) is 0. The second-order valence-electron chi connectivity index (χ2n) is 2.87. The van der Waals surface area contributed by atoms with E-state index in [1.54, 1.807) is 0 Å². The van der Waals surface area contributed by atoms with E-state index in [0.29, 0.717) is 0 Å². The van der Waals surface area contributed by atoms with Gasteiger partial charge in [-0.15, -0.1) is 0 Å². The molecule has 5 nitrogen and oxygen atoms in total. The largest absolute Gasteiger partial charge is 0.395 e. The van der Waals surface area contributed by atoms with Crippen molar-refractivity contribution in [1.82, 2.24) is 9.44 Å². The smallest absolute Gasteiger partial charge is 0.277 e. The van der Waals surface area contributed by atoms with Gasteiger partial charge < -0.3 is 5.11 Å². The Balaban J connectivity index is 2.27. The predicted molar refractivity (Wildman–Crippen MR) is 44.8 cm³/mol. The molecule has 0 heterocycles. The number of aliphatic hydroxyl groups excluding tert-OH is 1. The average molecular weight is 194 g/mol. The van der Waals surface area contributed by atoms with Crippen LogP contribution in [0.3, 0.4) is 0 Å². The fourth-order valence-corrected chi connectivity index (χ4v) is 2.09. The van der Waals surface area contributed by atoms with Crippen molar-refractivity contribution in [3.05, 3.63) is 0 Å². The van der Waals surface area contributed by atoms with E-state index in [1.165, 1.54) is 0 Å². The summed E-state index contributed by atoms with van der Waals surface area (Å²) in [6, 6.07) is 0.0983. The van der Waals surface area contributed by atoms with Crippen LogP contribution >= 0.6 is 0 Å². The van der Waals surface area contributed by atoms with Crippen molar-refractivity contribution >= 4 is 10.2 Å². The van der Waals surface area contributed by atoms with Gasteiger partial charge in [0, 0.05) is 12.6 Å². The summed E-state index contributed by atoms with van der Waals surface area (Å²) < 4.78 is 26.8. The second-order valence-corrected chi connectivity index (χ2v) is 4.40. The lowest BCUT2D eigenvalue weighted by atomic mass is 9.94. The highest BCUT2D eigenvalue weighted by atomic mass is 32.2. The molecule has 0 aromatic rings. The number of aliphatic hydroxyl groups is 1. The molecule has 0 amide bonds. The van der Waals surface area contributed by atoms with Gasteiger partial charge in [0.2, 0.25) is 0 Å². The lowest BCUT2D eigenvalue weighted by Crippen LogP contribution is -2.46. The molecule has 0 aromatic heterocycles. The average Bonchev–Trinajstić information content (AvgIpc) is 1.94. The van der Waals surface area contributed by atoms with Crippen LogP contribution in [0.15, 0.2) is 0 Å². The Morgan fingerprint density at radius 1 is 1.42 bits per heavy atom. The highest BCUT2D eigenvalue weighted by Gasteiger charge is 2.22. The number of nitrogens with one attached hydrogen (secondary N) is 2. The molecule has 1 aliphatic carbocycles. The van der Waals surface area contributed by atoms with Crippen molar-refractivity contribution in [3.8, 4) is 0 Å². The fraction of sp³-hybridized carbons (Fsp3) is 1.00. The molecule has 0 saturated heterocycles. The molecule has 6 heteroatoms. The van der Waals surface area contributed by atoms with Crippen molar-refractivity contribution in [1.29, 1.82) is 0 Å². The maximum atomic E-state index is 11.1. The van der Waals surface area contributed by atoms with Gasteiger partial charge in [-0.25, -0.2) is 0 Å². The van der Waals surface area contributed by atoms with Crippen LogP contribution in [0.25, 0.3) is 0 Å². The van der Waals surface area contributed by atoms with Crippen LogP contribution in [0.1, 0.15) is 19.3 Å². The van der Waals surface area contributed by atoms with E-state index in [4.69, 9.17) is 5.11 Å². The standard InChI is InChI=1S/C6H14N2O3S/c9-5-4-7-12(10,11)8-6-2-1-3-6/h6-9H,1-5H2. The molecule has 1 aliphatic rings. The van der Waals surface area contributed by atoms with E-state index in [1.807, 2.05) is 0 Å². The molecule has 0 aromatic carbocycles. The normalized spacial score (nSPS) is 19.1. The lowest BCUT2D eigenvalue weighted by molar-refractivity contribution is 0.300. The first-order valence-corrected chi connectivity index (χ1v) is 5.50. The van der Waals surface area contributed by atoms with E-state index < -0.39 is 10.2 Å². The minimum atomic E-state index is -3.36. The van der Waals surface area contributed by atoms with Gasteiger partial charge in [-0.1, -0.05) is 6.42 Å². The van der Waals surface area contributed by atoms with E-state index in [2.05, 4.69) is 9.44 Å². The van der Waals surface area contributed by atoms with Crippen molar-refractivity contribution in [3.63, 3.8) is 0 Å². The van der Waals surface area contributed by atoms with Gasteiger partial charge in [0.05, 0.1) is 6.61 Å². The second kappa shape index (κ2) is 4.18. The first-order chi connectivity index (χ1) is 5.64. The van der Waals surface area contributed by atoms with Gasteiger partial charge in [-0.2, -0.15) is 17.9 Å². The summed E-state index contributed by atoms with van der Waals surface area (Å²) >= 11 is 0. The van der Waals surface area contributed by atoms with Crippen LogP contribution in [0.5, 0.6) is 0 Å². The lowest BCUT2D eigenvalue weighted by Gasteiger charge is -2.25. The molecule has 0 radical (unpaired) electrons. The maximum absolute atomic E-state index is 11.1. The molecule has 1 rings (SSSR count). The molecule has 0 aliphatic heterocycles. The van der Waals surface area contributed by atoms with Crippen molar-refractivity contribution in [2.75, 3.05) is 13.2 Å². The quantitative estimate of drug-likeness (QED) is 0.523. The van der Waals surface area contributed by atoms with Crippen LogP contribution < -0.4 is 9.44 Å². The van der Waals surface area contributed by atoms with Crippen LogP contribution in [0.2, 0.25) is 0 Å². The molecule has 72 valence electrons. The molecule has 0 spiro atoms. The fourth-order valence-electron chi connectivity index (χ4n) is 0.967. The SMILES string of the molecule is O=S(=O)(NCCO)NC1CCC1. The summed E-state index contributed by atoms with van der Waals surface area (Å²) in [5.41, 5.74) is 0. The van der Waals surface area contributed by atoms with Gasteiger partial charge in [-0.3, -0.25) is 0 Å². The Kier molecular flexibility index (Phi) is 3.45. The Hall–Kier alpha value is -0.170. The topological polar surface area (TPSA) is 78.4 Å². The first-order valence-electron chi connectivity index (χ1n) is 4.02. The van der Waals surface area contributed by atoms with Crippen molar-refractivity contribution in [2.45, 2.75) is 25.3 Å². The zero-order valence-corrected chi connectivity index (χ0v) is 7.60. The third-order valence-electron chi connectivity index (χ3n) is 1.83. The van der Waals surface area contributed by atoms with E-state index in [-0.39, 0.29) is 19.2 Å². The molecule has 12 heavy (non-hydrogen) atoms. The van der Waals surface area contributed by atoms with Crippen LogP contribution in [-0.4, -0.2) is 32.7 Å². The van der Waals surface area contributed by atoms with Crippen molar-refractivity contribution in [2.24, 2.45) is 0 Å². The van der Waals surface area contributed by atoms with Gasteiger partial charge in [0.25, 0.3) is 10.2 Å². The first kappa shape index (κ1) is 9.91. The van der Waals surface area contributed by atoms with Crippen LogP contribution in [0.4, 0.5) is 0 Å². The monoisotopic (exact) mass is 194 g/mol. The highest BCUT2D eigenvalue weighted by molar-refractivity contribution is 7.87. The molecule has 0 atom stereocenters. The molecule has 3 N–H and O–H groups in total. The molecule has 1 fully saturated rings. The minimum absolute atomic E-state index is 0.0715. The summed E-state index contributed by atoms with van der Waals surface area (Å²) in [6.07, 6.45) is 2.92. The Bertz CT molecular complexity index is 223. The van der Waals surface area contributed by atoms with Gasteiger partial charge in [0.1, 0.15) is 0 Å². The zero-order valence-electron chi connectivity index (χ0n) is 6.78. The minimum Gasteiger partial charge on any atom is -0.395 e. The molecule has 1 saturated carbocycles. The van der Waals surface area contributed by atoms with Crippen LogP contribution in [-0.2, 0) is 10.2 Å².